The number of para-hydroxylation sites is 1. The van der Waals surface area contributed by atoms with E-state index in [1.165, 1.54) is 24.3 Å². The van der Waals surface area contributed by atoms with Gasteiger partial charge in [0, 0.05) is 5.69 Å². The molecule has 0 radical (unpaired) electrons. The van der Waals surface area contributed by atoms with Crippen molar-refractivity contribution in [3.8, 4) is 5.69 Å². The quantitative estimate of drug-likeness (QED) is 0.688. The summed E-state index contributed by atoms with van der Waals surface area (Å²) in [5.74, 6) is -1.88. The summed E-state index contributed by atoms with van der Waals surface area (Å²) in [6.45, 7) is 3.34. The number of rotatable bonds is 4. The second-order valence-electron chi connectivity index (χ2n) is 6.29. The van der Waals surface area contributed by atoms with Gasteiger partial charge in [-0.25, -0.2) is 9.48 Å². The van der Waals surface area contributed by atoms with Gasteiger partial charge in [0.1, 0.15) is 0 Å². The van der Waals surface area contributed by atoms with Gasteiger partial charge in [-0.05, 0) is 49.2 Å². The Morgan fingerprint density at radius 2 is 1.83 bits per heavy atom. The van der Waals surface area contributed by atoms with Crippen LogP contribution in [0.15, 0.2) is 42.6 Å². The van der Waals surface area contributed by atoms with Gasteiger partial charge in [0.15, 0.2) is 5.69 Å². The molecule has 1 amide bonds. The van der Waals surface area contributed by atoms with Crippen LogP contribution >= 0.6 is 0 Å². The Balaban J connectivity index is 1.89. The lowest BCUT2D eigenvalue weighted by atomic mass is 10.0. The number of carbonyl (C=O) groups excluding carboxylic acids is 1. The van der Waals surface area contributed by atoms with E-state index in [0.717, 1.165) is 16.9 Å². The van der Waals surface area contributed by atoms with Crippen molar-refractivity contribution in [3.05, 3.63) is 70.5 Å². The second-order valence-corrected chi connectivity index (χ2v) is 6.29. The average Bonchev–Trinajstić information content (AvgIpc) is 3.14. The van der Waals surface area contributed by atoms with E-state index in [9.17, 15) is 27.9 Å². The first-order chi connectivity index (χ1) is 13.6. The van der Waals surface area contributed by atoms with Gasteiger partial charge in [0.25, 0.3) is 5.91 Å². The van der Waals surface area contributed by atoms with Crippen LogP contribution < -0.4 is 5.32 Å². The summed E-state index contributed by atoms with van der Waals surface area (Å²) in [7, 11) is 0. The molecule has 0 saturated heterocycles. The Bertz CT molecular complexity index is 1110. The molecule has 0 aliphatic heterocycles. The van der Waals surface area contributed by atoms with Crippen LogP contribution in [0.4, 0.5) is 18.9 Å². The van der Waals surface area contributed by atoms with Crippen molar-refractivity contribution in [1.29, 1.82) is 0 Å². The van der Waals surface area contributed by atoms with Gasteiger partial charge in [-0.1, -0.05) is 17.3 Å². The molecule has 2 aromatic carbocycles. The number of carboxylic acids is 1. The highest BCUT2D eigenvalue weighted by atomic mass is 19.4. The molecule has 3 aromatic rings. The number of nitrogens with zero attached hydrogens (tertiary/aromatic N) is 3. The molecule has 29 heavy (non-hydrogen) atoms. The number of amides is 1. The zero-order valence-electron chi connectivity index (χ0n) is 15.3. The molecule has 1 heterocycles. The number of anilines is 1. The number of hydrogen-bond donors (Lipinski definition) is 2. The van der Waals surface area contributed by atoms with E-state index >= 15 is 0 Å². The molecule has 0 bridgehead atoms. The van der Waals surface area contributed by atoms with Gasteiger partial charge in [0.2, 0.25) is 0 Å². The molecule has 3 rings (SSSR count). The lowest BCUT2D eigenvalue weighted by Crippen LogP contribution is -2.14. The van der Waals surface area contributed by atoms with Crippen LogP contribution in [0.3, 0.4) is 0 Å². The third kappa shape index (κ3) is 4.10. The normalized spacial score (nSPS) is 11.3. The van der Waals surface area contributed by atoms with Gasteiger partial charge in [-0.2, -0.15) is 13.2 Å². The Morgan fingerprint density at radius 3 is 2.48 bits per heavy atom. The Morgan fingerprint density at radius 1 is 1.14 bits per heavy atom. The summed E-state index contributed by atoms with van der Waals surface area (Å²) in [6, 6.07) is 7.65. The van der Waals surface area contributed by atoms with E-state index in [1.54, 1.807) is 19.9 Å². The van der Waals surface area contributed by atoms with Crippen molar-refractivity contribution in [2.75, 3.05) is 5.32 Å². The summed E-state index contributed by atoms with van der Waals surface area (Å²) >= 11 is 0. The number of carbonyl (C=O) groups is 2. The molecule has 0 atom stereocenters. The minimum atomic E-state index is -4.60. The molecule has 0 aliphatic rings. The summed E-state index contributed by atoms with van der Waals surface area (Å²) in [6.07, 6.45) is -3.53. The third-order valence-electron chi connectivity index (χ3n) is 4.34. The number of alkyl halides is 3. The molecule has 0 unspecified atom stereocenters. The highest BCUT2D eigenvalue weighted by Gasteiger charge is 2.34. The highest BCUT2D eigenvalue weighted by Crippen LogP contribution is 2.33. The predicted molar refractivity (Wildman–Crippen MR) is 97.2 cm³/mol. The fourth-order valence-electron chi connectivity index (χ4n) is 2.75. The van der Waals surface area contributed by atoms with Crippen LogP contribution in [-0.2, 0) is 6.18 Å². The first kappa shape index (κ1) is 20.1. The number of aromatic carboxylic acids is 1. The minimum Gasteiger partial charge on any atom is -0.478 e. The van der Waals surface area contributed by atoms with Crippen molar-refractivity contribution < 1.29 is 27.9 Å². The van der Waals surface area contributed by atoms with Gasteiger partial charge in [-0.3, -0.25) is 4.79 Å². The number of aryl methyl sites for hydroxylation is 1. The van der Waals surface area contributed by atoms with Crippen molar-refractivity contribution in [3.63, 3.8) is 0 Å². The topological polar surface area (TPSA) is 97.1 Å². The summed E-state index contributed by atoms with van der Waals surface area (Å²) < 4.78 is 40.4. The van der Waals surface area contributed by atoms with Crippen LogP contribution in [0.5, 0.6) is 0 Å². The number of carboxylic acid groups (broad SMARTS) is 1. The lowest BCUT2D eigenvalue weighted by molar-refractivity contribution is -0.137. The van der Waals surface area contributed by atoms with E-state index in [0.29, 0.717) is 11.1 Å². The molecule has 0 fully saturated rings. The zero-order chi connectivity index (χ0) is 21.3. The van der Waals surface area contributed by atoms with E-state index in [-0.39, 0.29) is 22.6 Å². The molecule has 1 aromatic heterocycles. The van der Waals surface area contributed by atoms with Gasteiger partial charge in [0.05, 0.1) is 23.0 Å². The zero-order valence-corrected chi connectivity index (χ0v) is 15.3. The Hall–Kier alpha value is -3.69. The Kier molecular flexibility index (Phi) is 5.10. The van der Waals surface area contributed by atoms with Crippen molar-refractivity contribution in [2.24, 2.45) is 0 Å². The van der Waals surface area contributed by atoms with Gasteiger partial charge >= 0.3 is 12.1 Å². The smallest absolute Gasteiger partial charge is 0.418 e. The van der Waals surface area contributed by atoms with Crippen LogP contribution in [0.1, 0.15) is 37.5 Å². The number of hydrogen-bond acceptors (Lipinski definition) is 4. The summed E-state index contributed by atoms with van der Waals surface area (Å²) in [4.78, 5) is 23.7. The molecular formula is C19H15F3N4O3. The number of aromatic nitrogens is 3. The first-order valence-electron chi connectivity index (χ1n) is 8.32. The van der Waals surface area contributed by atoms with Crippen molar-refractivity contribution in [2.45, 2.75) is 20.0 Å². The standard InChI is InChI=1S/C19H15F3N4O3/c1-10-7-12(8-13(11(10)2)18(28)29)23-17(27)15-9-26(25-24-15)16-6-4-3-5-14(16)19(20,21)22/h3-9H,1-2H3,(H,23,27)(H,28,29). The van der Waals surface area contributed by atoms with Crippen LogP contribution in [0, 0.1) is 13.8 Å². The highest BCUT2D eigenvalue weighted by molar-refractivity contribution is 6.03. The van der Waals surface area contributed by atoms with Gasteiger partial charge in [-0.15, -0.1) is 5.10 Å². The average molecular weight is 404 g/mol. The van der Waals surface area contributed by atoms with Crippen molar-refractivity contribution in [1.82, 2.24) is 15.0 Å². The molecule has 0 saturated carbocycles. The fourth-order valence-corrected chi connectivity index (χ4v) is 2.75. The maximum absolute atomic E-state index is 13.2. The minimum absolute atomic E-state index is 0.0306. The molecule has 0 spiro atoms. The molecule has 2 N–H and O–H groups in total. The van der Waals surface area contributed by atoms with E-state index in [4.69, 9.17) is 0 Å². The molecule has 150 valence electrons. The first-order valence-corrected chi connectivity index (χ1v) is 8.32. The number of benzene rings is 2. The lowest BCUT2D eigenvalue weighted by Gasteiger charge is -2.11. The number of halogens is 3. The van der Waals surface area contributed by atoms with Gasteiger partial charge < -0.3 is 10.4 Å². The molecule has 7 nitrogen and oxygen atoms in total. The molecule has 10 heteroatoms. The Labute approximate surface area is 162 Å². The molecular weight excluding hydrogens is 389 g/mol. The largest absolute Gasteiger partial charge is 0.478 e. The van der Waals surface area contributed by atoms with E-state index in [2.05, 4.69) is 15.6 Å². The van der Waals surface area contributed by atoms with Crippen LogP contribution in [0.2, 0.25) is 0 Å². The number of nitrogens with one attached hydrogen (secondary N) is 1. The summed E-state index contributed by atoms with van der Waals surface area (Å²) in [5.41, 5.74) is 0.0528. The van der Waals surface area contributed by atoms with E-state index < -0.39 is 23.6 Å². The monoisotopic (exact) mass is 404 g/mol. The maximum atomic E-state index is 13.2. The van der Waals surface area contributed by atoms with Crippen molar-refractivity contribution >= 4 is 17.6 Å². The van der Waals surface area contributed by atoms with E-state index in [1.807, 2.05) is 0 Å². The van der Waals surface area contributed by atoms with Crippen LogP contribution in [0.25, 0.3) is 5.69 Å². The SMILES string of the molecule is Cc1cc(NC(=O)c2cn(-c3ccccc3C(F)(F)F)nn2)cc(C(=O)O)c1C. The second kappa shape index (κ2) is 7.38. The molecule has 0 aliphatic carbocycles. The van der Waals surface area contributed by atoms with Crippen LogP contribution in [-0.4, -0.2) is 32.0 Å². The fraction of sp³-hybridized carbons (Fsp3) is 0.158. The summed E-state index contributed by atoms with van der Waals surface area (Å²) in [5, 5.41) is 19.0. The predicted octanol–water partition coefficient (Wildman–Crippen LogP) is 3.85. The maximum Gasteiger partial charge on any atom is 0.418 e. The third-order valence-corrected chi connectivity index (χ3v) is 4.34.